The SMILES string of the molecule is C[C](C)CN1CCC2(CC1)CC(=O)c1cc3c(cc1O2)OC(C)(C)CC3. The maximum Gasteiger partial charge on any atom is 0.170 e. The highest BCUT2D eigenvalue weighted by Crippen LogP contribution is 2.44. The third kappa shape index (κ3) is 3.36. The van der Waals surface area contributed by atoms with Crippen LogP contribution in [0.3, 0.4) is 0 Å². The minimum Gasteiger partial charge on any atom is -0.487 e. The van der Waals surface area contributed by atoms with Gasteiger partial charge in [-0.3, -0.25) is 4.79 Å². The van der Waals surface area contributed by atoms with Crippen LogP contribution in [0.15, 0.2) is 12.1 Å². The molecule has 0 N–H and O–H groups in total. The second-order valence-corrected chi connectivity index (χ2v) is 9.19. The lowest BCUT2D eigenvalue weighted by Crippen LogP contribution is -2.51. The number of fused-ring (bicyclic) bond motifs is 2. The lowest BCUT2D eigenvalue weighted by Gasteiger charge is -2.44. The van der Waals surface area contributed by atoms with E-state index >= 15 is 0 Å². The molecule has 1 aromatic rings. The number of aryl methyl sites for hydroxylation is 1. The Hall–Kier alpha value is -1.55. The fourth-order valence-electron chi connectivity index (χ4n) is 4.49. The van der Waals surface area contributed by atoms with Gasteiger partial charge in [0.25, 0.3) is 0 Å². The van der Waals surface area contributed by atoms with E-state index in [0.29, 0.717) is 6.42 Å². The average Bonchev–Trinajstić information content (AvgIpc) is 2.55. The van der Waals surface area contributed by atoms with E-state index < -0.39 is 0 Å². The number of hydrogen-bond acceptors (Lipinski definition) is 4. The Morgan fingerprint density at radius 2 is 1.81 bits per heavy atom. The van der Waals surface area contributed by atoms with Crippen molar-refractivity contribution in [2.24, 2.45) is 0 Å². The highest BCUT2D eigenvalue weighted by atomic mass is 16.5. The van der Waals surface area contributed by atoms with E-state index in [1.165, 1.54) is 5.92 Å². The summed E-state index contributed by atoms with van der Waals surface area (Å²) in [4.78, 5) is 15.4. The van der Waals surface area contributed by atoms with Crippen molar-refractivity contribution in [3.05, 3.63) is 29.2 Å². The van der Waals surface area contributed by atoms with E-state index in [2.05, 4.69) is 32.6 Å². The monoisotopic (exact) mass is 356 g/mol. The Balaban J connectivity index is 1.56. The first-order valence-corrected chi connectivity index (χ1v) is 9.85. The quantitative estimate of drug-likeness (QED) is 0.796. The Morgan fingerprint density at radius 1 is 1.08 bits per heavy atom. The number of ketones is 1. The van der Waals surface area contributed by atoms with Gasteiger partial charge in [-0.05, 0) is 44.2 Å². The van der Waals surface area contributed by atoms with Gasteiger partial charge < -0.3 is 14.4 Å². The molecule has 0 aliphatic carbocycles. The van der Waals surface area contributed by atoms with Crippen LogP contribution in [0.25, 0.3) is 0 Å². The first-order valence-electron chi connectivity index (χ1n) is 9.85. The fourth-order valence-corrected chi connectivity index (χ4v) is 4.49. The standard InChI is InChI=1S/C22H30NO3/c1-15(2)14-23-9-7-22(8-10-23)13-18(24)17-11-16-5-6-21(3,4)25-19(16)12-20(17)26-22/h11-12H,5-10,13-14H2,1-4H3. The number of Topliss-reactive ketones (excluding diaryl/α,β-unsaturated/α-hetero) is 1. The lowest BCUT2D eigenvalue weighted by molar-refractivity contribution is -0.00855. The van der Waals surface area contributed by atoms with Gasteiger partial charge in [0, 0.05) is 38.5 Å². The molecule has 0 amide bonds. The van der Waals surface area contributed by atoms with Crippen molar-refractivity contribution in [2.45, 2.75) is 71.0 Å². The number of benzene rings is 1. The smallest absolute Gasteiger partial charge is 0.170 e. The van der Waals surface area contributed by atoms with Crippen LogP contribution in [-0.2, 0) is 6.42 Å². The molecule has 1 fully saturated rings. The summed E-state index contributed by atoms with van der Waals surface area (Å²) in [6, 6.07) is 3.99. The predicted octanol–water partition coefficient (Wildman–Crippen LogP) is 4.20. The summed E-state index contributed by atoms with van der Waals surface area (Å²) in [5, 5.41) is 0. The van der Waals surface area contributed by atoms with Crippen molar-refractivity contribution in [3.8, 4) is 11.5 Å². The van der Waals surface area contributed by atoms with Gasteiger partial charge in [0.05, 0.1) is 12.0 Å². The molecule has 1 radical (unpaired) electrons. The summed E-state index contributed by atoms with van der Waals surface area (Å²) in [6.45, 7) is 11.6. The number of piperidine rings is 1. The van der Waals surface area contributed by atoms with Crippen LogP contribution in [0, 0.1) is 5.92 Å². The Bertz CT molecular complexity index is 714. The molecule has 0 atom stereocenters. The van der Waals surface area contributed by atoms with Crippen molar-refractivity contribution < 1.29 is 14.3 Å². The number of rotatable bonds is 2. The molecule has 3 aliphatic rings. The summed E-state index contributed by atoms with van der Waals surface area (Å²) in [5.41, 5.74) is 1.40. The first-order chi connectivity index (χ1) is 12.3. The summed E-state index contributed by atoms with van der Waals surface area (Å²) in [5.74, 6) is 3.27. The summed E-state index contributed by atoms with van der Waals surface area (Å²) in [7, 11) is 0. The number of carbonyl (C=O) groups is 1. The number of hydrogen-bond donors (Lipinski definition) is 0. The molecular weight excluding hydrogens is 326 g/mol. The van der Waals surface area contributed by atoms with Crippen LogP contribution >= 0.6 is 0 Å². The van der Waals surface area contributed by atoms with Crippen molar-refractivity contribution >= 4 is 5.78 Å². The second kappa shape index (κ2) is 6.26. The highest BCUT2D eigenvalue weighted by Gasteiger charge is 2.43. The fraction of sp³-hybridized carbons (Fsp3) is 0.636. The van der Waals surface area contributed by atoms with E-state index in [1.54, 1.807) is 0 Å². The number of carbonyl (C=O) groups excluding carboxylic acids is 1. The molecule has 1 spiro atoms. The molecule has 1 saturated heterocycles. The van der Waals surface area contributed by atoms with E-state index in [1.807, 2.05) is 12.1 Å². The van der Waals surface area contributed by atoms with Crippen LogP contribution in [0.1, 0.15) is 69.3 Å². The maximum atomic E-state index is 12.9. The predicted molar refractivity (Wildman–Crippen MR) is 102 cm³/mol. The van der Waals surface area contributed by atoms with Gasteiger partial charge in [-0.25, -0.2) is 0 Å². The molecule has 1 aromatic carbocycles. The van der Waals surface area contributed by atoms with Crippen LogP contribution < -0.4 is 9.47 Å². The molecule has 0 unspecified atom stereocenters. The molecule has 4 rings (SSSR count). The third-order valence-electron chi connectivity index (χ3n) is 5.96. The Kier molecular flexibility index (Phi) is 4.30. The molecule has 0 aromatic heterocycles. The third-order valence-corrected chi connectivity index (χ3v) is 5.96. The van der Waals surface area contributed by atoms with Crippen LogP contribution in [0.5, 0.6) is 11.5 Å². The van der Waals surface area contributed by atoms with Gasteiger partial charge in [0.1, 0.15) is 22.7 Å². The molecule has 4 heteroatoms. The largest absolute Gasteiger partial charge is 0.487 e. The van der Waals surface area contributed by atoms with Gasteiger partial charge in [-0.15, -0.1) is 0 Å². The second-order valence-electron chi connectivity index (χ2n) is 9.19. The summed E-state index contributed by atoms with van der Waals surface area (Å²) in [6.07, 6.45) is 4.26. The van der Waals surface area contributed by atoms with Crippen LogP contribution in [0.4, 0.5) is 0 Å². The zero-order chi connectivity index (χ0) is 18.5. The molecule has 0 bridgehead atoms. The first kappa shape index (κ1) is 17.8. The zero-order valence-corrected chi connectivity index (χ0v) is 16.5. The highest BCUT2D eigenvalue weighted by molar-refractivity contribution is 6.00. The zero-order valence-electron chi connectivity index (χ0n) is 16.5. The van der Waals surface area contributed by atoms with Gasteiger partial charge in [0.15, 0.2) is 5.78 Å². The molecule has 141 valence electrons. The molecular formula is C22H30NO3. The van der Waals surface area contributed by atoms with Crippen LogP contribution in [0.2, 0.25) is 0 Å². The van der Waals surface area contributed by atoms with Crippen LogP contribution in [-0.4, -0.2) is 41.5 Å². The molecule has 3 aliphatic heterocycles. The van der Waals surface area contributed by atoms with Gasteiger partial charge in [-0.2, -0.15) is 0 Å². The molecule has 3 heterocycles. The van der Waals surface area contributed by atoms with E-state index in [-0.39, 0.29) is 17.0 Å². The van der Waals surface area contributed by atoms with E-state index in [0.717, 1.165) is 67.9 Å². The average molecular weight is 356 g/mol. The topological polar surface area (TPSA) is 38.8 Å². The number of nitrogens with zero attached hydrogens (tertiary/aromatic N) is 1. The number of likely N-dealkylation sites (tertiary alicyclic amines) is 1. The van der Waals surface area contributed by atoms with E-state index in [9.17, 15) is 4.79 Å². The normalized spacial score (nSPS) is 24.0. The Labute approximate surface area is 156 Å². The van der Waals surface area contributed by atoms with Crippen molar-refractivity contribution in [1.29, 1.82) is 0 Å². The summed E-state index contributed by atoms with van der Waals surface area (Å²) >= 11 is 0. The molecule has 4 nitrogen and oxygen atoms in total. The van der Waals surface area contributed by atoms with E-state index in [4.69, 9.17) is 9.47 Å². The molecule has 26 heavy (non-hydrogen) atoms. The maximum absolute atomic E-state index is 12.9. The number of ether oxygens (including phenoxy) is 2. The molecule has 0 saturated carbocycles. The summed E-state index contributed by atoms with van der Waals surface area (Å²) < 4.78 is 12.6. The minimum absolute atomic E-state index is 0.155. The van der Waals surface area contributed by atoms with Gasteiger partial charge in [-0.1, -0.05) is 13.8 Å². The van der Waals surface area contributed by atoms with Gasteiger partial charge in [0.2, 0.25) is 0 Å². The van der Waals surface area contributed by atoms with Crippen molar-refractivity contribution in [3.63, 3.8) is 0 Å². The minimum atomic E-state index is -0.333. The van der Waals surface area contributed by atoms with Crippen molar-refractivity contribution in [2.75, 3.05) is 19.6 Å². The lowest BCUT2D eigenvalue weighted by atomic mass is 9.81. The van der Waals surface area contributed by atoms with Crippen molar-refractivity contribution in [1.82, 2.24) is 4.90 Å². The van der Waals surface area contributed by atoms with Gasteiger partial charge >= 0.3 is 0 Å². The Morgan fingerprint density at radius 3 is 2.50 bits per heavy atom.